The van der Waals surface area contributed by atoms with Crippen molar-refractivity contribution >= 4 is 5.91 Å². The van der Waals surface area contributed by atoms with Gasteiger partial charge in [-0.3, -0.25) is 9.69 Å². The lowest BCUT2D eigenvalue weighted by molar-refractivity contribution is 0.0989. The van der Waals surface area contributed by atoms with Crippen LogP contribution in [0.4, 0.5) is 0 Å². The summed E-state index contributed by atoms with van der Waals surface area (Å²) in [4.78, 5) is 21.8. The highest BCUT2D eigenvalue weighted by molar-refractivity contribution is 5.88. The molecule has 0 spiro atoms. The number of oxazole rings is 1. The molecule has 124 valence electrons. The molecule has 2 aromatic rings. The van der Waals surface area contributed by atoms with Crippen molar-refractivity contribution in [1.82, 2.24) is 24.6 Å². The van der Waals surface area contributed by atoms with E-state index >= 15 is 0 Å². The van der Waals surface area contributed by atoms with Gasteiger partial charge < -0.3 is 10.2 Å². The van der Waals surface area contributed by atoms with E-state index in [0.29, 0.717) is 5.92 Å². The van der Waals surface area contributed by atoms with E-state index < -0.39 is 5.91 Å². The molecule has 1 unspecified atom stereocenters. The molecule has 3 heterocycles. The quantitative estimate of drug-likeness (QED) is 0.892. The van der Waals surface area contributed by atoms with Crippen molar-refractivity contribution in [2.75, 3.05) is 13.1 Å². The minimum atomic E-state index is -0.597. The lowest BCUT2D eigenvalue weighted by atomic mass is 10.0. The van der Waals surface area contributed by atoms with Crippen LogP contribution in [0.2, 0.25) is 0 Å². The second-order valence-electron chi connectivity index (χ2n) is 6.26. The van der Waals surface area contributed by atoms with E-state index in [1.165, 1.54) is 6.39 Å². The first-order valence-corrected chi connectivity index (χ1v) is 7.90. The molecular formula is C15H22N6O2. The number of nitrogens with zero attached hydrogens (tertiary/aromatic N) is 5. The molecule has 0 aliphatic carbocycles. The predicted molar refractivity (Wildman–Crippen MR) is 82.7 cm³/mol. The number of primary amides is 1. The summed E-state index contributed by atoms with van der Waals surface area (Å²) in [7, 11) is 0. The van der Waals surface area contributed by atoms with Gasteiger partial charge in [-0.05, 0) is 19.4 Å². The number of amides is 1. The zero-order valence-electron chi connectivity index (χ0n) is 13.5. The van der Waals surface area contributed by atoms with Crippen LogP contribution in [0.25, 0.3) is 0 Å². The van der Waals surface area contributed by atoms with E-state index in [9.17, 15) is 4.79 Å². The molecule has 2 aromatic heterocycles. The van der Waals surface area contributed by atoms with E-state index in [-0.39, 0.29) is 11.9 Å². The Hall–Kier alpha value is -2.22. The second-order valence-corrected chi connectivity index (χ2v) is 6.26. The van der Waals surface area contributed by atoms with Crippen LogP contribution >= 0.6 is 0 Å². The van der Waals surface area contributed by atoms with Crippen LogP contribution in [0.15, 0.2) is 17.1 Å². The van der Waals surface area contributed by atoms with Gasteiger partial charge in [0.1, 0.15) is 12.1 Å². The molecule has 1 amide bonds. The Kier molecular flexibility index (Phi) is 4.42. The monoisotopic (exact) mass is 318 g/mol. The highest BCUT2D eigenvalue weighted by Crippen LogP contribution is 2.24. The van der Waals surface area contributed by atoms with Crippen molar-refractivity contribution < 1.29 is 9.21 Å². The summed E-state index contributed by atoms with van der Waals surface area (Å²) in [5.41, 5.74) is 6.21. The topological polar surface area (TPSA) is 103 Å². The molecule has 3 rings (SSSR count). The van der Waals surface area contributed by atoms with Crippen LogP contribution < -0.4 is 5.73 Å². The zero-order chi connectivity index (χ0) is 16.4. The number of hydrogen-bond donors (Lipinski definition) is 1. The smallest absolute Gasteiger partial charge is 0.288 e. The molecule has 23 heavy (non-hydrogen) atoms. The summed E-state index contributed by atoms with van der Waals surface area (Å²) < 4.78 is 7.24. The molecule has 1 aliphatic rings. The molecule has 0 saturated carbocycles. The first kappa shape index (κ1) is 15.7. The summed E-state index contributed by atoms with van der Waals surface area (Å²) in [6.07, 6.45) is 5.17. The van der Waals surface area contributed by atoms with Gasteiger partial charge in [-0.2, -0.15) is 0 Å². The summed E-state index contributed by atoms with van der Waals surface area (Å²) >= 11 is 0. The molecule has 0 radical (unpaired) electrons. The molecule has 1 fully saturated rings. The average molecular weight is 318 g/mol. The number of likely N-dealkylation sites (tertiary alicyclic amines) is 1. The minimum Gasteiger partial charge on any atom is -0.448 e. The number of piperidine rings is 1. The van der Waals surface area contributed by atoms with Crippen LogP contribution in [-0.2, 0) is 6.54 Å². The standard InChI is InChI=1S/C15H22N6O2/c1-10(2)13-12(18-9-23-13)7-20-5-3-4-11(6-20)21-8-17-15(19-21)14(16)22/h8-11H,3-7H2,1-2H3,(H2,16,22). The van der Waals surface area contributed by atoms with E-state index in [4.69, 9.17) is 10.2 Å². The molecule has 1 aliphatic heterocycles. The van der Waals surface area contributed by atoms with Gasteiger partial charge in [0.2, 0.25) is 5.82 Å². The fourth-order valence-corrected chi connectivity index (χ4v) is 3.03. The molecule has 2 N–H and O–H groups in total. The maximum absolute atomic E-state index is 11.1. The van der Waals surface area contributed by atoms with E-state index in [2.05, 4.69) is 33.8 Å². The van der Waals surface area contributed by atoms with Crippen molar-refractivity contribution in [1.29, 1.82) is 0 Å². The summed E-state index contributed by atoms with van der Waals surface area (Å²) in [6, 6.07) is 0.193. The molecule has 0 bridgehead atoms. The first-order valence-electron chi connectivity index (χ1n) is 7.90. The molecule has 8 heteroatoms. The summed E-state index contributed by atoms with van der Waals surface area (Å²) in [6.45, 7) is 6.82. The van der Waals surface area contributed by atoms with Gasteiger partial charge in [0, 0.05) is 19.0 Å². The van der Waals surface area contributed by atoms with Gasteiger partial charge in [0.25, 0.3) is 5.91 Å². The van der Waals surface area contributed by atoms with Crippen molar-refractivity contribution in [2.45, 2.75) is 45.2 Å². The zero-order valence-corrected chi connectivity index (χ0v) is 13.5. The largest absolute Gasteiger partial charge is 0.448 e. The SMILES string of the molecule is CC(C)c1ocnc1CN1CCCC(n2cnc(C(N)=O)n2)C1. The van der Waals surface area contributed by atoms with Crippen LogP contribution in [0.3, 0.4) is 0 Å². The highest BCUT2D eigenvalue weighted by atomic mass is 16.3. The number of rotatable bonds is 5. The van der Waals surface area contributed by atoms with Crippen molar-refractivity contribution in [3.63, 3.8) is 0 Å². The van der Waals surface area contributed by atoms with Gasteiger partial charge in [0.05, 0.1) is 11.7 Å². The fourth-order valence-electron chi connectivity index (χ4n) is 3.03. The first-order chi connectivity index (χ1) is 11.0. The van der Waals surface area contributed by atoms with E-state index in [0.717, 1.165) is 43.9 Å². The Labute approximate surface area is 134 Å². The van der Waals surface area contributed by atoms with E-state index in [1.54, 1.807) is 11.0 Å². The third kappa shape index (κ3) is 3.42. The maximum Gasteiger partial charge on any atom is 0.288 e. The third-order valence-corrected chi connectivity index (χ3v) is 4.15. The lowest BCUT2D eigenvalue weighted by Crippen LogP contribution is -2.36. The van der Waals surface area contributed by atoms with Crippen LogP contribution in [0, 0.1) is 0 Å². The van der Waals surface area contributed by atoms with Crippen molar-refractivity contribution in [3.05, 3.63) is 30.0 Å². The number of nitrogens with two attached hydrogens (primary N) is 1. The van der Waals surface area contributed by atoms with Gasteiger partial charge in [-0.15, -0.1) is 5.10 Å². The lowest BCUT2D eigenvalue weighted by Gasteiger charge is -2.32. The van der Waals surface area contributed by atoms with Gasteiger partial charge in [-0.25, -0.2) is 14.6 Å². The second kappa shape index (κ2) is 6.49. The van der Waals surface area contributed by atoms with Gasteiger partial charge in [-0.1, -0.05) is 13.8 Å². The molecule has 1 atom stereocenters. The maximum atomic E-state index is 11.1. The highest BCUT2D eigenvalue weighted by Gasteiger charge is 2.25. The van der Waals surface area contributed by atoms with Crippen molar-refractivity contribution in [3.8, 4) is 0 Å². The average Bonchev–Trinajstić information content (AvgIpc) is 3.16. The van der Waals surface area contributed by atoms with Crippen molar-refractivity contribution in [2.24, 2.45) is 5.73 Å². The number of aromatic nitrogens is 4. The normalized spacial score (nSPS) is 19.3. The van der Waals surface area contributed by atoms with Gasteiger partial charge >= 0.3 is 0 Å². The molecular weight excluding hydrogens is 296 g/mol. The molecule has 0 aromatic carbocycles. The summed E-state index contributed by atoms with van der Waals surface area (Å²) in [5.74, 6) is 0.742. The number of carbonyl (C=O) groups is 1. The van der Waals surface area contributed by atoms with Crippen LogP contribution in [0.5, 0.6) is 0 Å². The number of hydrogen-bond acceptors (Lipinski definition) is 6. The Morgan fingerprint density at radius 3 is 3.00 bits per heavy atom. The molecule has 8 nitrogen and oxygen atoms in total. The van der Waals surface area contributed by atoms with Crippen LogP contribution in [0.1, 0.15) is 60.7 Å². The third-order valence-electron chi connectivity index (χ3n) is 4.15. The van der Waals surface area contributed by atoms with Gasteiger partial charge in [0.15, 0.2) is 6.39 Å². The summed E-state index contributed by atoms with van der Waals surface area (Å²) in [5, 5.41) is 4.18. The minimum absolute atomic E-state index is 0.0701. The predicted octanol–water partition coefficient (Wildman–Crippen LogP) is 1.33. The Morgan fingerprint density at radius 2 is 2.30 bits per heavy atom. The van der Waals surface area contributed by atoms with Crippen LogP contribution in [-0.4, -0.2) is 43.6 Å². The number of carbonyl (C=O) groups excluding carboxylic acids is 1. The molecule has 1 saturated heterocycles. The van der Waals surface area contributed by atoms with E-state index in [1.807, 2.05) is 0 Å². The fraction of sp³-hybridized carbons (Fsp3) is 0.600. The Balaban J connectivity index is 1.68. The Bertz CT molecular complexity index is 677. The Morgan fingerprint density at radius 1 is 1.48 bits per heavy atom.